The lowest BCUT2D eigenvalue weighted by Gasteiger charge is -2.22. The highest BCUT2D eigenvalue weighted by Gasteiger charge is 2.14. The smallest absolute Gasteiger partial charge is 0.266 e. The van der Waals surface area contributed by atoms with E-state index < -0.39 is 9.05 Å². The molecule has 1 saturated heterocycles. The van der Waals surface area contributed by atoms with Crippen molar-refractivity contribution in [3.8, 4) is 0 Å². The summed E-state index contributed by atoms with van der Waals surface area (Å²) in [6.45, 7) is 1.13. The van der Waals surface area contributed by atoms with Crippen molar-refractivity contribution in [1.82, 2.24) is 5.32 Å². The van der Waals surface area contributed by atoms with E-state index in [1.54, 1.807) is 11.8 Å². The van der Waals surface area contributed by atoms with Crippen molar-refractivity contribution in [3.63, 3.8) is 0 Å². The summed E-state index contributed by atoms with van der Waals surface area (Å²) in [5, 5.41) is 3.16. The number of hydrogen-bond acceptors (Lipinski definition) is 5. The van der Waals surface area contributed by atoms with Crippen LogP contribution in [0.25, 0.3) is 0 Å². The molecule has 0 aromatic rings. The molecule has 0 aromatic carbocycles. The SMILES string of the molecule is O=S(O)(=S)OC[C@H]1CSCCN1. The molecule has 0 saturated carbocycles. The summed E-state index contributed by atoms with van der Waals surface area (Å²) >= 11 is 5.98. The Hall–Kier alpha value is 0.600. The Balaban J connectivity index is 2.22. The number of thioether (sulfide) groups is 1. The van der Waals surface area contributed by atoms with Crippen molar-refractivity contribution in [1.29, 1.82) is 0 Å². The molecule has 1 aliphatic heterocycles. The Bertz CT molecular complexity index is 222. The lowest BCUT2D eigenvalue weighted by Crippen LogP contribution is -2.41. The maximum atomic E-state index is 10.5. The molecular formula is C5H11NO3S3. The van der Waals surface area contributed by atoms with Crippen LogP contribution < -0.4 is 5.32 Å². The molecule has 0 amide bonds. The largest absolute Gasteiger partial charge is 0.310 e. The summed E-state index contributed by atoms with van der Waals surface area (Å²) in [5.41, 5.74) is 0. The molecule has 12 heavy (non-hydrogen) atoms. The molecular weight excluding hydrogens is 218 g/mol. The normalized spacial score (nSPS) is 29.6. The molecule has 0 spiro atoms. The first kappa shape index (κ1) is 10.7. The van der Waals surface area contributed by atoms with Gasteiger partial charge in [0.1, 0.15) is 0 Å². The molecule has 0 aromatic heterocycles. The van der Waals surface area contributed by atoms with Crippen LogP contribution in [0.1, 0.15) is 0 Å². The summed E-state index contributed by atoms with van der Waals surface area (Å²) in [6, 6.07) is 0.152. The van der Waals surface area contributed by atoms with Crippen LogP contribution in [-0.2, 0) is 24.4 Å². The van der Waals surface area contributed by atoms with Gasteiger partial charge in [0, 0.05) is 35.3 Å². The van der Waals surface area contributed by atoms with Crippen LogP contribution in [0.15, 0.2) is 0 Å². The van der Waals surface area contributed by atoms with Crippen molar-refractivity contribution in [2.45, 2.75) is 6.04 Å². The Kier molecular flexibility index (Phi) is 4.21. The molecule has 0 bridgehead atoms. The van der Waals surface area contributed by atoms with Gasteiger partial charge in [0.25, 0.3) is 9.05 Å². The fraction of sp³-hybridized carbons (Fsp3) is 1.00. The van der Waals surface area contributed by atoms with Crippen LogP contribution in [0.3, 0.4) is 0 Å². The molecule has 4 nitrogen and oxygen atoms in total. The number of hydrogen-bond donors (Lipinski definition) is 2. The predicted octanol–water partition coefficient (Wildman–Crippen LogP) is -0.158. The predicted molar refractivity (Wildman–Crippen MR) is 53.2 cm³/mol. The van der Waals surface area contributed by atoms with Crippen molar-refractivity contribution >= 4 is 32.0 Å². The summed E-state index contributed by atoms with van der Waals surface area (Å²) in [4.78, 5) is 0. The highest BCUT2D eigenvalue weighted by atomic mass is 32.9. The Labute approximate surface area is 81.1 Å². The Morgan fingerprint density at radius 3 is 3.08 bits per heavy atom. The molecule has 1 heterocycles. The van der Waals surface area contributed by atoms with E-state index in [9.17, 15) is 4.21 Å². The van der Waals surface area contributed by atoms with Gasteiger partial charge in [0.2, 0.25) is 0 Å². The first-order valence-electron chi connectivity index (χ1n) is 3.51. The van der Waals surface area contributed by atoms with E-state index in [2.05, 4.69) is 20.7 Å². The van der Waals surface area contributed by atoms with E-state index in [1.165, 1.54) is 0 Å². The van der Waals surface area contributed by atoms with Crippen molar-refractivity contribution < 1.29 is 12.9 Å². The third-order valence-electron chi connectivity index (χ3n) is 1.42. The van der Waals surface area contributed by atoms with E-state index in [1.807, 2.05) is 0 Å². The molecule has 1 aliphatic rings. The van der Waals surface area contributed by atoms with Crippen LogP contribution in [0, 0.1) is 0 Å². The molecule has 1 unspecified atom stereocenters. The van der Waals surface area contributed by atoms with E-state index >= 15 is 0 Å². The molecule has 72 valence electrons. The van der Waals surface area contributed by atoms with Crippen LogP contribution in [0.4, 0.5) is 0 Å². The monoisotopic (exact) mass is 229 g/mol. The topological polar surface area (TPSA) is 58.6 Å². The van der Waals surface area contributed by atoms with E-state index in [0.717, 1.165) is 18.1 Å². The summed E-state index contributed by atoms with van der Waals surface area (Å²) in [7, 11) is -3.44. The highest BCUT2D eigenvalue weighted by molar-refractivity contribution is 8.27. The minimum atomic E-state index is -3.44. The minimum Gasteiger partial charge on any atom is -0.310 e. The van der Waals surface area contributed by atoms with Gasteiger partial charge in [-0.05, 0) is 0 Å². The molecule has 0 aliphatic carbocycles. The van der Waals surface area contributed by atoms with Gasteiger partial charge >= 0.3 is 0 Å². The second kappa shape index (κ2) is 4.73. The third-order valence-corrected chi connectivity index (χ3v) is 3.27. The Morgan fingerprint density at radius 1 is 1.83 bits per heavy atom. The van der Waals surface area contributed by atoms with Crippen molar-refractivity contribution in [2.24, 2.45) is 0 Å². The van der Waals surface area contributed by atoms with Gasteiger partial charge in [-0.3, -0.25) is 8.74 Å². The van der Waals surface area contributed by atoms with Crippen molar-refractivity contribution in [2.75, 3.05) is 24.7 Å². The van der Waals surface area contributed by atoms with Crippen LogP contribution in [0.5, 0.6) is 0 Å². The Morgan fingerprint density at radius 2 is 2.58 bits per heavy atom. The quantitative estimate of drug-likeness (QED) is 0.701. The maximum Gasteiger partial charge on any atom is 0.266 e. The average molecular weight is 229 g/mol. The summed E-state index contributed by atoms with van der Waals surface area (Å²) < 4.78 is 23.8. The summed E-state index contributed by atoms with van der Waals surface area (Å²) in [6.07, 6.45) is 0. The second-order valence-corrected chi connectivity index (χ2v) is 5.94. The van der Waals surface area contributed by atoms with Gasteiger partial charge in [0.15, 0.2) is 0 Å². The second-order valence-electron chi connectivity index (χ2n) is 2.44. The number of nitrogens with one attached hydrogen (secondary N) is 1. The van der Waals surface area contributed by atoms with Crippen molar-refractivity contribution in [3.05, 3.63) is 0 Å². The molecule has 1 rings (SSSR count). The van der Waals surface area contributed by atoms with Gasteiger partial charge in [0.05, 0.1) is 6.61 Å². The number of rotatable bonds is 3. The average Bonchev–Trinajstić information content (AvgIpc) is 2.02. The van der Waals surface area contributed by atoms with Gasteiger partial charge < -0.3 is 5.32 Å². The fourth-order valence-electron chi connectivity index (χ4n) is 0.895. The van der Waals surface area contributed by atoms with Gasteiger partial charge in [-0.1, -0.05) is 0 Å². The molecule has 1 fully saturated rings. The lowest BCUT2D eigenvalue weighted by atomic mass is 10.3. The molecule has 2 N–H and O–H groups in total. The summed E-state index contributed by atoms with van der Waals surface area (Å²) in [5.74, 6) is 1.99. The third kappa shape index (κ3) is 4.58. The van der Waals surface area contributed by atoms with Crippen LogP contribution >= 0.6 is 11.8 Å². The minimum absolute atomic E-state index is 0.152. The molecule has 2 atom stereocenters. The highest BCUT2D eigenvalue weighted by Crippen LogP contribution is 2.08. The maximum absolute atomic E-state index is 10.5. The van der Waals surface area contributed by atoms with Gasteiger partial charge in [-0.15, -0.1) is 0 Å². The van der Waals surface area contributed by atoms with Crippen LogP contribution in [0.2, 0.25) is 0 Å². The first-order valence-corrected chi connectivity index (χ1v) is 7.03. The van der Waals surface area contributed by atoms with E-state index in [0.29, 0.717) is 0 Å². The fourth-order valence-corrected chi connectivity index (χ4v) is 2.33. The first-order chi connectivity index (χ1) is 5.58. The van der Waals surface area contributed by atoms with Crippen LogP contribution in [-0.4, -0.2) is 39.5 Å². The molecule has 0 radical (unpaired) electrons. The van der Waals surface area contributed by atoms with Gasteiger partial charge in [-0.25, -0.2) is 0 Å². The molecule has 7 heteroatoms. The zero-order chi connectivity index (χ0) is 9.03. The van der Waals surface area contributed by atoms with E-state index in [-0.39, 0.29) is 12.6 Å². The zero-order valence-corrected chi connectivity index (χ0v) is 8.84. The zero-order valence-electron chi connectivity index (χ0n) is 6.39. The lowest BCUT2D eigenvalue weighted by molar-refractivity contribution is 0.270. The standard InChI is InChI=1S/C5H11NO3S3/c7-12(8,10)9-3-5-4-11-2-1-6-5/h5-6H,1-4H2,(H,7,8,10)/t5-/m0/s1. The van der Waals surface area contributed by atoms with Gasteiger partial charge in [-0.2, -0.15) is 16.0 Å². The van der Waals surface area contributed by atoms with E-state index in [4.69, 9.17) is 4.55 Å².